The van der Waals surface area contributed by atoms with Crippen molar-refractivity contribution in [1.29, 1.82) is 0 Å². The van der Waals surface area contributed by atoms with Crippen molar-refractivity contribution in [2.24, 2.45) is 5.92 Å². The van der Waals surface area contributed by atoms with Crippen molar-refractivity contribution in [2.45, 2.75) is 45.8 Å². The van der Waals surface area contributed by atoms with E-state index < -0.39 is 6.61 Å². The molecular formula is C25H27ClF2N2O3. The van der Waals surface area contributed by atoms with Gasteiger partial charge in [0.1, 0.15) is 17.3 Å². The number of rotatable bonds is 13. The second-order valence-corrected chi connectivity index (χ2v) is 8.08. The standard InChI is InChI=1S/C25H27ClF2N2O3/c1-2-32-23-8-4-3-6-20(23)16-19(7-5-12-30-13-11-29-17-30)22(31)15-18-9-10-24(21(26)14-18)33-25(27)28/h3-4,6,8-11,13-14,17,19,25H,2,5,7,12,15-16H2,1H3. The lowest BCUT2D eigenvalue weighted by molar-refractivity contribution is -0.122. The van der Waals surface area contributed by atoms with Crippen LogP contribution in [0.15, 0.2) is 61.2 Å². The first-order chi connectivity index (χ1) is 16.0. The van der Waals surface area contributed by atoms with E-state index in [1.807, 2.05) is 42.0 Å². The summed E-state index contributed by atoms with van der Waals surface area (Å²) in [6.07, 6.45) is 7.59. The van der Waals surface area contributed by atoms with Crippen molar-refractivity contribution in [3.8, 4) is 11.5 Å². The van der Waals surface area contributed by atoms with Crippen LogP contribution in [-0.4, -0.2) is 28.6 Å². The molecule has 0 aliphatic heterocycles. The van der Waals surface area contributed by atoms with E-state index >= 15 is 0 Å². The Balaban J connectivity index is 1.73. The van der Waals surface area contributed by atoms with Gasteiger partial charge < -0.3 is 14.0 Å². The number of benzene rings is 2. The minimum atomic E-state index is -2.96. The van der Waals surface area contributed by atoms with Crippen molar-refractivity contribution in [3.05, 3.63) is 77.3 Å². The van der Waals surface area contributed by atoms with Gasteiger partial charge in [0.2, 0.25) is 0 Å². The van der Waals surface area contributed by atoms with Gasteiger partial charge in [0.05, 0.1) is 18.0 Å². The molecule has 33 heavy (non-hydrogen) atoms. The van der Waals surface area contributed by atoms with E-state index in [2.05, 4.69) is 9.72 Å². The highest BCUT2D eigenvalue weighted by molar-refractivity contribution is 6.32. The fraction of sp³-hybridized carbons (Fsp3) is 0.360. The number of alkyl halides is 2. The summed E-state index contributed by atoms with van der Waals surface area (Å²) in [6.45, 7) is 0.278. The van der Waals surface area contributed by atoms with Gasteiger partial charge >= 0.3 is 6.61 Å². The fourth-order valence-electron chi connectivity index (χ4n) is 3.74. The van der Waals surface area contributed by atoms with Crippen molar-refractivity contribution in [1.82, 2.24) is 9.55 Å². The second-order valence-electron chi connectivity index (χ2n) is 7.67. The molecule has 1 heterocycles. The minimum absolute atomic E-state index is 0.0546. The SMILES string of the molecule is CCOc1ccccc1CC(CCCn1ccnc1)C(=O)Cc1ccc(OC(F)F)c(Cl)c1. The van der Waals surface area contributed by atoms with Crippen LogP contribution in [-0.2, 0) is 24.2 Å². The fourth-order valence-corrected chi connectivity index (χ4v) is 3.99. The topological polar surface area (TPSA) is 53.4 Å². The summed E-state index contributed by atoms with van der Waals surface area (Å²) in [5.74, 6) is 0.505. The third-order valence-corrected chi connectivity index (χ3v) is 5.61. The molecule has 0 amide bonds. The average molecular weight is 477 g/mol. The minimum Gasteiger partial charge on any atom is -0.494 e. The zero-order valence-electron chi connectivity index (χ0n) is 18.4. The lowest BCUT2D eigenvalue weighted by Gasteiger charge is -2.19. The van der Waals surface area contributed by atoms with Gasteiger partial charge in [0, 0.05) is 31.3 Å². The van der Waals surface area contributed by atoms with Crippen LogP contribution in [0.25, 0.3) is 0 Å². The van der Waals surface area contributed by atoms with E-state index in [9.17, 15) is 13.6 Å². The number of hydrogen-bond acceptors (Lipinski definition) is 4. The van der Waals surface area contributed by atoms with Crippen LogP contribution in [0, 0.1) is 5.92 Å². The third-order valence-electron chi connectivity index (χ3n) is 5.31. The van der Waals surface area contributed by atoms with Crippen molar-refractivity contribution < 1.29 is 23.0 Å². The van der Waals surface area contributed by atoms with Crippen molar-refractivity contribution >= 4 is 17.4 Å². The summed E-state index contributed by atoms with van der Waals surface area (Å²) in [5.41, 5.74) is 1.64. The number of aromatic nitrogens is 2. The maximum Gasteiger partial charge on any atom is 0.387 e. The first kappa shape index (κ1) is 24.7. The monoisotopic (exact) mass is 476 g/mol. The molecule has 2 aromatic carbocycles. The maximum absolute atomic E-state index is 13.3. The molecule has 0 bridgehead atoms. The molecule has 1 unspecified atom stereocenters. The van der Waals surface area contributed by atoms with Crippen LogP contribution in [0.1, 0.15) is 30.9 Å². The van der Waals surface area contributed by atoms with E-state index in [0.29, 0.717) is 25.0 Å². The molecule has 0 N–H and O–H groups in total. The molecule has 0 aliphatic carbocycles. The number of halogens is 3. The summed E-state index contributed by atoms with van der Waals surface area (Å²) < 4.78 is 37.1. The first-order valence-electron chi connectivity index (χ1n) is 10.9. The van der Waals surface area contributed by atoms with Crippen LogP contribution in [0.2, 0.25) is 5.02 Å². The number of carbonyl (C=O) groups excluding carboxylic acids is 1. The molecule has 0 spiro atoms. The van der Waals surface area contributed by atoms with Gasteiger partial charge in [-0.3, -0.25) is 4.79 Å². The van der Waals surface area contributed by atoms with E-state index in [4.69, 9.17) is 16.3 Å². The summed E-state index contributed by atoms with van der Waals surface area (Å²) in [5, 5.41) is 0.0546. The highest BCUT2D eigenvalue weighted by Gasteiger charge is 2.21. The number of imidazole rings is 1. The lowest BCUT2D eigenvalue weighted by Crippen LogP contribution is -2.20. The predicted octanol–water partition coefficient (Wildman–Crippen LogP) is 5.99. The van der Waals surface area contributed by atoms with Gasteiger partial charge in [0.15, 0.2) is 0 Å². The van der Waals surface area contributed by atoms with Gasteiger partial charge in [-0.25, -0.2) is 4.98 Å². The number of ketones is 1. The first-order valence-corrected chi connectivity index (χ1v) is 11.3. The molecule has 5 nitrogen and oxygen atoms in total. The Morgan fingerprint density at radius 1 is 1.18 bits per heavy atom. The Labute approximate surface area is 197 Å². The van der Waals surface area contributed by atoms with Crippen LogP contribution >= 0.6 is 11.6 Å². The van der Waals surface area contributed by atoms with Gasteiger partial charge in [-0.15, -0.1) is 0 Å². The van der Waals surface area contributed by atoms with Crippen molar-refractivity contribution in [2.75, 3.05) is 6.61 Å². The zero-order valence-corrected chi connectivity index (χ0v) is 19.2. The Morgan fingerprint density at radius 3 is 2.70 bits per heavy atom. The van der Waals surface area contributed by atoms with Crippen LogP contribution < -0.4 is 9.47 Å². The normalized spacial score (nSPS) is 12.0. The van der Waals surface area contributed by atoms with Crippen LogP contribution in [0.4, 0.5) is 8.78 Å². The molecule has 1 aromatic heterocycles. The number of Topliss-reactive ketones (excluding diaryl/α,β-unsaturated/α-hetero) is 1. The summed E-state index contributed by atoms with van der Waals surface area (Å²) in [6, 6.07) is 12.2. The number of nitrogens with zero attached hydrogens (tertiary/aromatic N) is 2. The Hall–Kier alpha value is -2.93. The Morgan fingerprint density at radius 2 is 2.00 bits per heavy atom. The lowest BCUT2D eigenvalue weighted by atomic mass is 9.87. The molecule has 3 rings (SSSR count). The van der Waals surface area contributed by atoms with Gasteiger partial charge in [-0.1, -0.05) is 35.9 Å². The molecule has 0 aliphatic rings. The number of hydrogen-bond donors (Lipinski definition) is 0. The smallest absolute Gasteiger partial charge is 0.387 e. The molecule has 0 saturated heterocycles. The molecule has 8 heteroatoms. The molecule has 176 valence electrons. The van der Waals surface area contributed by atoms with Crippen molar-refractivity contribution in [3.63, 3.8) is 0 Å². The number of carbonyl (C=O) groups is 1. The second kappa shape index (κ2) is 12.3. The third kappa shape index (κ3) is 7.56. The van der Waals surface area contributed by atoms with Gasteiger partial charge in [-0.05, 0) is 55.5 Å². The van der Waals surface area contributed by atoms with E-state index in [1.165, 1.54) is 12.1 Å². The van der Waals surface area contributed by atoms with Crippen LogP contribution in [0.3, 0.4) is 0 Å². The number of para-hydroxylation sites is 1. The highest BCUT2D eigenvalue weighted by Crippen LogP contribution is 2.29. The highest BCUT2D eigenvalue weighted by atomic mass is 35.5. The largest absolute Gasteiger partial charge is 0.494 e. The van der Waals surface area contributed by atoms with E-state index in [1.54, 1.807) is 18.6 Å². The Kier molecular flexibility index (Phi) is 9.24. The predicted molar refractivity (Wildman–Crippen MR) is 123 cm³/mol. The molecular weight excluding hydrogens is 450 g/mol. The Bertz CT molecular complexity index is 1030. The zero-order chi connectivity index (χ0) is 23.6. The number of aryl methyl sites for hydroxylation is 1. The van der Waals surface area contributed by atoms with E-state index in [-0.39, 0.29) is 28.9 Å². The molecule has 3 aromatic rings. The molecule has 0 saturated carbocycles. The summed E-state index contributed by atoms with van der Waals surface area (Å²) in [4.78, 5) is 17.4. The maximum atomic E-state index is 13.3. The summed E-state index contributed by atoms with van der Waals surface area (Å²) >= 11 is 6.07. The van der Waals surface area contributed by atoms with Gasteiger partial charge in [-0.2, -0.15) is 8.78 Å². The number of ether oxygens (including phenoxy) is 2. The van der Waals surface area contributed by atoms with E-state index in [0.717, 1.165) is 24.3 Å². The summed E-state index contributed by atoms with van der Waals surface area (Å²) in [7, 11) is 0. The molecule has 0 radical (unpaired) electrons. The van der Waals surface area contributed by atoms with Gasteiger partial charge in [0.25, 0.3) is 0 Å². The molecule has 0 fully saturated rings. The molecule has 1 atom stereocenters. The average Bonchev–Trinajstić information content (AvgIpc) is 3.29. The van der Waals surface area contributed by atoms with Crippen LogP contribution in [0.5, 0.6) is 11.5 Å². The quantitative estimate of drug-likeness (QED) is 0.304.